The summed E-state index contributed by atoms with van der Waals surface area (Å²) in [6, 6.07) is 5.13. The number of benzene rings is 1. The zero-order valence-corrected chi connectivity index (χ0v) is 13.0. The second-order valence-corrected chi connectivity index (χ2v) is 5.65. The first-order valence-corrected chi connectivity index (χ1v) is 7.17. The number of carboxylic acid groups (broad SMARTS) is 1. The van der Waals surface area contributed by atoms with E-state index in [1.54, 1.807) is 12.1 Å². The molecule has 0 unspecified atom stereocenters. The van der Waals surface area contributed by atoms with Crippen molar-refractivity contribution in [2.24, 2.45) is 0 Å². The summed E-state index contributed by atoms with van der Waals surface area (Å²) in [4.78, 5) is 13.0. The average Bonchev–Trinajstić information content (AvgIpc) is 2.34. The molecule has 0 atom stereocenters. The minimum atomic E-state index is -0.899. The van der Waals surface area contributed by atoms with Crippen molar-refractivity contribution in [1.29, 1.82) is 0 Å². The lowest BCUT2D eigenvalue weighted by Gasteiger charge is -2.10. The van der Waals surface area contributed by atoms with Crippen LogP contribution in [-0.4, -0.2) is 43.2 Å². The van der Waals surface area contributed by atoms with Gasteiger partial charge in [0.2, 0.25) is 0 Å². The van der Waals surface area contributed by atoms with E-state index < -0.39 is 5.97 Å². The number of carbonyl (C=O) groups is 1. The highest BCUT2D eigenvalue weighted by molar-refractivity contribution is 9.10. The minimum absolute atomic E-state index is 0.307. The second-order valence-electron chi connectivity index (χ2n) is 4.80. The van der Waals surface area contributed by atoms with E-state index >= 15 is 0 Å². The Hall–Kier alpha value is -0.910. The van der Waals surface area contributed by atoms with E-state index in [-0.39, 0.29) is 0 Å². The smallest absolute Gasteiger partial charge is 0.335 e. The zero-order valence-electron chi connectivity index (χ0n) is 11.4. The van der Waals surface area contributed by atoms with Crippen LogP contribution in [0.1, 0.15) is 28.8 Å². The molecule has 106 valence electrons. The summed E-state index contributed by atoms with van der Waals surface area (Å²) >= 11 is 3.41. The van der Waals surface area contributed by atoms with Crippen molar-refractivity contribution in [2.45, 2.75) is 19.4 Å². The van der Waals surface area contributed by atoms with Crippen molar-refractivity contribution in [3.05, 3.63) is 33.8 Å². The van der Waals surface area contributed by atoms with Crippen LogP contribution in [0, 0.1) is 0 Å². The highest BCUT2D eigenvalue weighted by atomic mass is 79.9. The molecule has 0 fully saturated rings. The molecule has 1 aromatic carbocycles. The summed E-state index contributed by atoms with van der Waals surface area (Å²) in [5.74, 6) is -0.899. The van der Waals surface area contributed by atoms with E-state index in [1.807, 2.05) is 6.07 Å². The van der Waals surface area contributed by atoms with Crippen molar-refractivity contribution in [3.63, 3.8) is 0 Å². The first kappa shape index (κ1) is 16.1. The van der Waals surface area contributed by atoms with Crippen molar-refractivity contribution >= 4 is 21.9 Å². The van der Waals surface area contributed by atoms with Crippen molar-refractivity contribution in [2.75, 3.05) is 27.2 Å². The number of nitrogens with one attached hydrogen (secondary N) is 1. The van der Waals surface area contributed by atoms with Gasteiger partial charge >= 0.3 is 5.97 Å². The number of halogens is 1. The van der Waals surface area contributed by atoms with Crippen LogP contribution in [0.15, 0.2) is 22.7 Å². The molecular weight excluding hydrogens is 308 g/mol. The molecule has 4 nitrogen and oxygen atoms in total. The molecular formula is C14H21BrN2O2. The number of unbranched alkanes of at least 4 members (excludes halogenated alkanes) is 1. The maximum atomic E-state index is 10.8. The first-order chi connectivity index (χ1) is 9.00. The Morgan fingerprint density at radius 3 is 2.68 bits per heavy atom. The van der Waals surface area contributed by atoms with Crippen LogP contribution in [0.3, 0.4) is 0 Å². The van der Waals surface area contributed by atoms with Gasteiger partial charge in [0.1, 0.15) is 0 Å². The monoisotopic (exact) mass is 328 g/mol. The molecule has 1 rings (SSSR count). The molecule has 0 spiro atoms. The Morgan fingerprint density at radius 2 is 2.11 bits per heavy atom. The van der Waals surface area contributed by atoms with Gasteiger partial charge in [-0.3, -0.25) is 0 Å². The third-order valence-corrected chi connectivity index (χ3v) is 3.56. The van der Waals surface area contributed by atoms with Gasteiger partial charge in [-0.2, -0.15) is 0 Å². The lowest BCUT2D eigenvalue weighted by molar-refractivity contribution is 0.0697. The van der Waals surface area contributed by atoms with E-state index in [9.17, 15) is 4.79 Å². The van der Waals surface area contributed by atoms with Crippen LogP contribution < -0.4 is 5.32 Å². The Morgan fingerprint density at radius 1 is 1.37 bits per heavy atom. The molecule has 0 radical (unpaired) electrons. The molecule has 0 saturated carbocycles. The first-order valence-electron chi connectivity index (χ1n) is 6.38. The SMILES string of the molecule is CN(C)CCCCNCc1ccc(C(=O)O)cc1Br. The summed E-state index contributed by atoms with van der Waals surface area (Å²) in [6.45, 7) is 2.84. The van der Waals surface area contributed by atoms with Crippen LogP contribution in [0.25, 0.3) is 0 Å². The summed E-state index contributed by atoms with van der Waals surface area (Å²) in [5, 5.41) is 12.2. The molecule has 0 aliphatic carbocycles. The predicted molar refractivity (Wildman–Crippen MR) is 80.6 cm³/mol. The summed E-state index contributed by atoms with van der Waals surface area (Å²) in [7, 11) is 4.16. The normalized spacial score (nSPS) is 10.9. The Kier molecular flexibility index (Phi) is 7.05. The Labute approximate surface area is 122 Å². The van der Waals surface area contributed by atoms with Crippen molar-refractivity contribution < 1.29 is 9.90 Å². The molecule has 0 amide bonds. The van der Waals surface area contributed by atoms with Gasteiger partial charge in [-0.05, 0) is 57.7 Å². The number of hydrogen-bond donors (Lipinski definition) is 2. The number of carboxylic acids is 1. The predicted octanol–water partition coefficient (Wildman–Crippen LogP) is 2.58. The zero-order chi connectivity index (χ0) is 14.3. The average molecular weight is 329 g/mol. The second kappa shape index (κ2) is 8.30. The third kappa shape index (κ3) is 6.18. The Bertz CT molecular complexity index is 422. The largest absolute Gasteiger partial charge is 0.478 e. The summed E-state index contributed by atoms with van der Waals surface area (Å²) in [5.41, 5.74) is 1.39. The molecule has 5 heteroatoms. The fourth-order valence-electron chi connectivity index (χ4n) is 1.72. The molecule has 1 aromatic rings. The minimum Gasteiger partial charge on any atom is -0.478 e. The summed E-state index contributed by atoms with van der Waals surface area (Å²) < 4.78 is 0.841. The van der Waals surface area contributed by atoms with E-state index in [0.29, 0.717) is 5.56 Å². The number of aromatic carboxylic acids is 1. The van der Waals surface area contributed by atoms with Gasteiger partial charge in [0, 0.05) is 11.0 Å². The topological polar surface area (TPSA) is 52.6 Å². The van der Waals surface area contributed by atoms with Crippen LogP contribution in [-0.2, 0) is 6.54 Å². The van der Waals surface area contributed by atoms with E-state index in [1.165, 1.54) is 6.42 Å². The van der Waals surface area contributed by atoms with Crippen LogP contribution >= 0.6 is 15.9 Å². The highest BCUT2D eigenvalue weighted by Gasteiger charge is 2.06. The lowest BCUT2D eigenvalue weighted by Crippen LogP contribution is -2.18. The molecule has 0 aromatic heterocycles. The van der Waals surface area contributed by atoms with Crippen molar-refractivity contribution in [1.82, 2.24) is 10.2 Å². The molecule has 0 bridgehead atoms. The highest BCUT2D eigenvalue weighted by Crippen LogP contribution is 2.18. The van der Waals surface area contributed by atoms with E-state index in [2.05, 4.69) is 40.2 Å². The van der Waals surface area contributed by atoms with E-state index in [4.69, 9.17) is 5.11 Å². The fraction of sp³-hybridized carbons (Fsp3) is 0.500. The molecule has 19 heavy (non-hydrogen) atoms. The van der Waals surface area contributed by atoms with Gasteiger partial charge in [0.15, 0.2) is 0 Å². The molecule has 0 heterocycles. The van der Waals surface area contributed by atoms with Gasteiger partial charge in [0.25, 0.3) is 0 Å². The number of hydrogen-bond acceptors (Lipinski definition) is 3. The van der Waals surface area contributed by atoms with Gasteiger partial charge in [-0.25, -0.2) is 4.79 Å². The summed E-state index contributed by atoms with van der Waals surface area (Å²) in [6.07, 6.45) is 2.32. The fourth-order valence-corrected chi connectivity index (χ4v) is 2.24. The quantitative estimate of drug-likeness (QED) is 0.720. The van der Waals surface area contributed by atoms with Gasteiger partial charge < -0.3 is 15.3 Å². The maximum Gasteiger partial charge on any atom is 0.335 e. The maximum absolute atomic E-state index is 10.8. The molecule has 2 N–H and O–H groups in total. The third-order valence-electron chi connectivity index (χ3n) is 2.82. The molecule has 0 aliphatic rings. The number of rotatable bonds is 8. The molecule has 0 saturated heterocycles. The van der Waals surface area contributed by atoms with Crippen LogP contribution in [0.4, 0.5) is 0 Å². The number of nitrogens with zero attached hydrogens (tertiary/aromatic N) is 1. The van der Waals surface area contributed by atoms with E-state index in [0.717, 1.165) is 36.1 Å². The van der Waals surface area contributed by atoms with Gasteiger partial charge in [-0.1, -0.05) is 22.0 Å². The standard InChI is InChI=1S/C14H21BrN2O2/c1-17(2)8-4-3-7-16-10-12-6-5-11(14(18)19)9-13(12)15/h5-6,9,16H,3-4,7-8,10H2,1-2H3,(H,18,19). The van der Waals surface area contributed by atoms with Gasteiger partial charge in [-0.15, -0.1) is 0 Å². The van der Waals surface area contributed by atoms with Crippen LogP contribution in [0.5, 0.6) is 0 Å². The lowest BCUT2D eigenvalue weighted by atomic mass is 10.1. The van der Waals surface area contributed by atoms with Crippen LogP contribution in [0.2, 0.25) is 0 Å². The van der Waals surface area contributed by atoms with Gasteiger partial charge in [0.05, 0.1) is 5.56 Å². The van der Waals surface area contributed by atoms with Crippen molar-refractivity contribution in [3.8, 4) is 0 Å². The Balaban J connectivity index is 2.32. The molecule has 0 aliphatic heterocycles.